The van der Waals surface area contributed by atoms with Gasteiger partial charge in [0.2, 0.25) is 0 Å². The van der Waals surface area contributed by atoms with Gasteiger partial charge >= 0.3 is 5.97 Å². The first-order valence-corrected chi connectivity index (χ1v) is 11.9. The zero-order valence-electron chi connectivity index (χ0n) is 20.0. The van der Waals surface area contributed by atoms with E-state index in [9.17, 15) is 14.7 Å². The Labute approximate surface area is 189 Å². The molecule has 0 aromatic heterocycles. The van der Waals surface area contributed by atoms with Gasteiger partial charge in [-0.3, -0.25) is 9.59 Å². The molecule has 0 aromatic rings. The number of unbranched alkanes of at least 4 members (excludes halogenated alkanes) is 5. The number of methoxy groups -OCH3 is 1. The van der Waals surface area contributed by atoms with Crippen molar-refractivity contribution < 1.29 is 24.5 Å². The fourth-order valence-corrected chi connectivity index (χ4v) is 4.21. The van der Waals surface area contributed by atoms with E-state index in [1.807, 2.05) is 26.8 Å². The summed E-state index contributed by atoms with van der Waals surface area (Å²) < 4.78 is 5.62. The second-order valence-electron chi connectivity index (χ2n) is 9.87. The highest BCUT2D eigenvalue weighted by Crippen LogP contribution is 2.38. The van der Waals surface area contributed by atoms with Gasteiger partial charge < -0.3 is 14.9 Å². The molecule has 1 aliphatic rings. The van der Waals surface area contributed by atoms with E-state index in [-0.39, 0.29) is 35.9 Å². The quantitative estimate of drug-likeness (QED) is 0.254. The van der Waals surface area contributed by atoms with Crippen LogP contribution in [-0.4, -0.2) is 41.3 Å². The summed E-state index contributed by atoms with van der Waals surface area (Å²) in [5, 5.41) is 19.2. The molecule has 1 fully saturated rings. The number of aliphatic hydroxyl groups is 1. The summed E-state index contributed by atoms with van der Waals surface area (Å²) in [6.07, 6.45) is 17.2. The van der Waals surface area contributed by atoms with Crippen LogP contribution in [0.3, 0.4) is 0 Å². The molecule has 1 unspecified atom stereocenters. The van der Waals surface area contributed by atoms with Crippen molar-refractivity contribution in [3.63, 3.8) is 0 Å². The van der Waals surface area contributed by atoms with Crippen LogP contribution < -0.4 is 0 Å². The number of allylic oxidation sites excluding steroid dienone is 3. The van der Waals surface area contributed by atoms with Crippen molar-refractivity contribution >= 4 is 11.8 Å². The highest BCUT2D eigenvalue weighted by Gasteiger charge is 2.40. The van der Waals surface area contributed by atoms with Gasteiger partial charge in [-0.15, -0.1) is 0 Å². The smallest absolute Gasteiger partial charge is 0.303 e. The number of hydrogen-bond donors (Lipinski definition) is 2. The van der Waals surface area contributed by atoms with Crippen LogP contribution in [0.5, 0.6) is 0 Å². The number of carboxylic acid groups (broad SMARTS) is 1. The van der Waals surface area contributed by atoms with Gasteiger partial charge in [-0.1, -0.05) is 57.9 Å². The maximum Gasteiger partial charge on any atom is 0.303 e. The lowest BCUT2D eigenvalue weighted by atomic mass is 9.87. The maximum absolute atomic E-state index is 11.9. The highest BCUT2D eigenvalue weighted by molar-refractivity contribution is 5.83. The van der Waals surface area contributed by atoms with Crippen LogP contribution in [-0.2, 0) is 14.3 Å². The lowest BCUT2D eigenvalue weighted by Gasteiger charge is -2.20. The molecule has 1 aliphatic carbocycles. The number of rotatable bonds is 15. The van der Waals surface area contributed by atoms with Gasteiger partial charge in [-0.2, -0.15) is 0 Å². The first-order chi connectivity index (χ1) is 14.7. The Morgan fingerprint density at radius 1 is 0.968 bits per heavy atom. The minimum Gasteiger partial charge on any atom is -0.481 e. The largest absolute Gasteiger partial charge is 0.481 e. The first-order valence-electron chi connectivity index (χ1n) is 11.9. The van der Waals surface area contributed by atoms with E-state index in [4.69, 9.17) is 9.84 Å². The SMILES string of the molecule is CO[C@@H]1C[C@H](O)C(C/C=C\CCCC(=O)O)[C@H]1/C=C/CCCCCCC(=O)C(C)(C)C. The van der Waals surface area contributed by atoms with Crippen molar-refractivity contribution in [3.8, 4) is 0 Å². The van der Waals surface area contributed by atoms with Gasteiger partial charge in [-0.05, 0) is 44.4 Å². The van der Waals surface area contributed by atoms with Crippen LogP contribution in [0.15, 0.2) is 24.3 Å². The topological polar surface area (TPSA) is 83.8 Å². The van der Waals surface area contributed by atoms with Crippen molar-refractivity contribution in [1.29, 1.82) is 0 Å². The Bertz CT molecular complexity index is 587. The third-order valence-corrected chi connectivity index (χ3v) is 6.25. The molecule has 0 saturated heterocycles. The number of carbonyl (C=O) groups is 2. The summed E-state index contributed by atoms with van der Waals surface area (Å²) in [5.41, 5.74) is -0.226. The monoisotopic (exact) mass is 436 g/mol. The number of carbonyl (C=O) groups excluding carboxylic acids is 1. The first kappa shape index (κ1) is 27.6. The summed E-state index contributed by atoms with van der Waals surface area (Å²) in [6.45, 7) is 5.95. The predicted molar refractivity (Wildman–Crippen MR) is 125 cm³/mol. The molecule has 1 rings (SSSR count). The summed E-state index contributed by atoms with van der Waals surface area (Å²) in [5.74, 6) is -0.0701. The van der Waals surface area contributed by atoms with Crippen molar-refractivity contribution in [2.24, 2.45) is 17.3 Å². The fraction of sp³-hybridized carbons (Fsp3) is 0.769. The summed E-state index contributed by atoms with van der Waals surface area (Å²) in [6, 6.07) is 0. The zero-order valence-corrected chi connectivity index (χ0v) is 20.0. The fourth-order valence-electron chi connectivity index (χ4n) is 4.21. The molecule has 0 bridgehead atoms. The zero-order chi connectivity index (χ0) is 23.3. The molecule has 0 spiro atoms. The van der Waals surface area contributed by atoms with Crippen molar-refractivity contribution in [3.05, 3.63) is 24.3 Å². The molecule has 0 aromatic carbocycles. The van der Waals surface area contributed by atoms with E-state index < -0.39 is 5.97 Å². The van der Waals surface area contributed by atoms with Gasteiger partial charge in [0.25, 0.3) is 0 Å². The van der Waals surface area contributed by atoms with Gasteiger partial charge in [0.15, 0.2) is 0 Å². The lowest BCUT2D eigenvalue weighted by Crippen LogP contribution is -2.21. The molecular weight excluding hydrogens is 392 g/mol. The van der Waals surface area contributed by atoms with Crippen LogP contribution in [0.1, 0.15) is 91.4 Å². The number of Topliss-reactive ketones (excluding diaryl/α,β-unsaturated/α-hetero) is 1. The van der Waals surface area contributed by atoms with E-state index >= 15 is 0 Å². The molecule has 5 nitrogen and oxygen atoms in total. The minimum atomic E-state index is -0.758. The van der Waals surface area contributed by atoms with Gasteiger partial charge in [0.05, 0.1) is 12.2 Å². The molecule has 0 aliphatic heterocycles. The third kappa shape index (κ3) is 11.1. The molecule has 4 atom stereocenters. The van der Waals surface area contributed by atoms with Crippen LogP contribution in [0.4, 0.5) is 0 Å². The van der Waals surface area contributed by atoms with Gasteiger partial charge in [0, 0.05) is 37.7 Å². The number of aliphatic carboxylic acids is 1. The second-order valence-corrected chi connectivity index (χ2v) is 9.87. The average Bonchev–Trinajstić information content (AvgIpc) is 3.00. The number of hydrogen-bond acceptors (Lipinski definition) is 4. The van der Waals surface area contributed by atoms with Gasteiger partial charge in [0.1, 0.15) is 5.78 Å². The molecule has 31 heavy (non-hydrogen) atoms. The summed E-state index contributed by atoms with van der Waals surface area (Å²) >= 11 is 0. The Balaban J connectivity index is 2.35. The maximum atomic E-state index is 11.9. The molecule has 0 amide bonds. The molecule has 5 heteroatoms. The molecule has 1 saturated carbocycles. The van der Waals surface area contributed by atoms with Crippen molar-refractivity contribution in [2.45, 2.75) is 104 Å². The molecule has 178 valence electrons. The van der Waals surface area contributed by atoms with Crippen LogP contribution in [0.25, 0.3) is 0 Å². The normalized spacial score (nSPS) is 24.4. The number of carboxylic acids is 1. The summed E-state index contributed by atoms with van der Waals surface area (Å²) in [7, 11) is 1.71. The second kappa shape index (κ2) is 14.6. The number of aliphatic hydroxyl groups excluding tert-OH is 1. The number of ether oxygens (including phenoxy) is 1. The Morgan fingerprint density at radius 2 is 1.65 bits per heavy atom. The minimum absolute atomic E-state index is 0.0417. The van der Waals surface area contributed by atoms with Crippen molar-refractivity contribution in [1.82, 2.24) is 0 Å². The average molecular weight is 437 g/mol. The Morgan fingerprint density at radius 3 is 2.29 bits per heavy atom. The predicted octanol–water partition coefficient (Wildman–Crippen LogP) is 5.71. The summed E-state index contributed by atoms with van der Waals surface area (Å²) in [4.78, 5) is 22.5. The van der Waals surface area contributed by atoms with E-state index in [0.29, 0.717) is 25.0 Å². The lowest BCUT2D eigenvalue weighted by molar-refractivity contribution is -0.137. The standard InChI is InChI=1S/C26H44O5/c1-26(2,3)24(28)17-13-8-6-5-7-12-16-21-20(22(27)19-23(21)31-4)15-11-9-10-14-18-25(29)30/h9,11-12,16,20-23,27H,5-8,10,13-15,17-19H2,1-4H3,(H,29,30)/b11-9-,16-12+/t20?,21-,22+,23-/m1/s1. The van der Waals surface area contributed by atoms with Crippen LogP contribution >= 0.6 is 0 Å². The van der Waals surface area contributed by atoms with E-state index in [1.54, 1.807) is 7.11 Å². The van der Waals surface area contributed by atoms with E-state index in [2.05, 4.69) is 18.2 Å². The third-order valence-electron chi connectivity index (χ3n) is 6.25. The van der Waals surface area contributed by atoms with Crippen LogP contribution in [0.2, 0.25) is 0 Å². The van der Waals surface area contributed by atoms with E-state index in [1.165, 1.54) is 0 Å². The molecule has 0 radical (unpaired) electrons. The Kier molecular flexibility index (Phi) is 13.0. The van der Waals surface area contributed by atoms with Crippen LogP contribution in [0, 0.1) is 17.3 Å². The Hall–Kier alpha value is -1.46. The van der Waals surface area contributed by atoms with Crippen molar-refractivity contribution in [2.75, 3.05) is 7.11 Å². The molecule has 2 N–H and O–H groups in total. The molecule has 0 heterocycles. The number of ketones is 1. The van der Waals surface area contributed by atoms with Gasteiger partial charge in [-0.25, -0.2) is 0 Å². The highest BCUT2D eigenvalue weighted by atomic mass is 16.5. The van der Waals surface area contributed by atoms with E-state index in [0.717, 1.165) is 44.9 Å². The molecular formula is C26H44O5.